The number of aryl methyl sites for hydroxylation is 1. The van der Waals surface area contributed by atoms with Gasteiger partial charge in [-0.1, -0.05) is 0 Å². The molecule has 23 heavy (non-hydrogen) atoms. The normalized spacial score (nSPS) is 13.8. The number of hydrogen-bond acceptors (Lipinski definition) is 5. The molecule has 1 aliphatic rings. The van der Waals surface area contributed by atoms with Gasteiger partial charge >= 0.3 is 0 Å². The van der Waals surface area contributed by atoms with Gasteiger partial charge in [-0.15, -0.1) is 11.3 Å². The Morgan fingerprint density at radius 2 is 2.09 bits per heavy atom. The van der Waals surface area contributed by atoms with E-state index in [1.54, 1.807) is 7.11 Å². The number of ether oxygens (including phenoxy) is 1. The maximum Gasteiger partial charge on any atom is 0.240 e. The van der Waals surface area contributed by atoms with Crippen molar-refractivity contribution in [2.24, 2.45) is 5.92 Å². The number of thiazole rings is 1. The standard InChI is InChI=1S/C17H21N3O2S/c1-11-16(13-5-7-14(22-2)8-6-13)20-17(23-11)19-15(21)10-18-9-12-3-4-12/h5-8,12,18H,3-4,9-10H2,1-2H3,(H,19,20,21). The fraction of sp³-hybridized carbons (Fsp3) is 0.412. The second kappa shape index (κ2) is 7.10. The van der Waals surface area contributed by atoms with Gasteiger partial charge in [0, 0.05) is 10.4 Å². The maximum atomic E-state index is 11.9. The highest BCUT2D eigenvalue weighted by atomic mass is 32.1. The third-order valence-electron chi connectivity index (χ3n) is 3.82. The molecule has 0 spiro atoms. The van der Waals surface area contributed by atoms with Crippen LogP contribution < -0.4 is 15.4 Å². The van der Waals surface area contributed by atoms with E-state index in [4.69, 9.17) is 4.74 Å². The van der Waals surface area contributed by atoms with Gasteiger partial charge in [0.1, 0.15) is 5.75 Å². The molecule has 1 heterocycles. The molecule has 1 aromatic carbocycles. The van der Waals surface area contributed by atoms with Crippen LogP contribution in [0.1, 0.15) is 17.7 Å². The van der Waals surface area contributed by atoms with E-state index in [0.29, 0.717) is 11.7 Å². The molecular formula is C17H21N3O2S. The van der Waals surface area contributed by atoms with Crippen molar-refractivity contribution in [3.63, 3.8) is 0 Å². The lowest BCUT2D eigenvalue weighted by atomic mass is 10.1. The minimum atomic E-state index is -0.0410. The van der Waals surface area contributed by atoms with Crippen molar-refractivity contribution in [3.8, 4) is 17.0 Å². The minimum absolute atomic E-state index is 0.0410. The molecule has 5 nitrogen and oxygen atoms in total. The summed E-state index contributed by atoms with van der Waals surface area (Å²) in [5.74, 6) is 1.55. The fourth-order valence-corrected chi connectivity index (χ4v) is 3.19. The number of rotatable bonds is 7. The average Bonchev–Trinajstić information content (AvgIpc) is 3.30. The lowest BCUT2D eigenvalue weighted by Gasteiger charge is -2.03. The largest absolute Gasteiger partial charge is 0.497 e. The summed E-state index contributed by atoms with van der Waals surface area (Å²) in [7, 11) is 1.65. The molecule has 1 fully saturated rings. The van der Waals surface area contributed by atoms with Crippen LogP contribution in [0, 0.1) is 12.8 Å². The summed E-state index contributed by atoms with van der Waals surface area (Å²) in [4.78, 5) is 17.6. The summed E-state index contributed by atoms with van der Waals surface area (Å²) in [6, 6.07) is 7.77. The average molecular weight is 331 g/mol. The molecule has 1 aromatic heterocycles. The van der Waals surface area contributed by atoms with Crippen molar-refractivity contribution in [2.45, 2.75) is 19.8 Å². The van der Waals surface area contributed by atoms with Crippen LogP contribution in [0.5, 0.6) is 5.75 Å². The van der Waals surface area contributed by atoms with Gasteiger partial charge in [0.2, 0.25) is 5.91 Å². The third kappa shape index (κ3) is 4.30. The van der Waals surface area contributed by atoms with Crippen molar-refractivity contribution in [3.05, 3.63) is 29.1 Å². The molecule has 0 atom stereocenters. The number of benzene rings is 1. The highest BCUT2D eigenvalue weighted by molar-refractivity contribution is 7.16. The summed E-state index contributed by atoms with van der Waals surface area (Å²) in [5.41, 5.74) is 1.92. The number of aromatic nitrogens is 1. The molecule has 1 amide bonds. The second-order valence-electron chi connectivity index (χ2n) is 5.77. The van der Waals surface area contributed by atoms with Crippen molar-refractivity contribution in [1.82, 2.24) is 10.3 Å². The Hall–Kier alpha value is -1.92. The van der Waals surface area contributed by atoms with Gasteiger partial charge in [0.05, 0.1) is 19.3 Å². The zero-order chi connectivity index (χ0) is 16.2. The van der Waals surface area contributed by atoms with E-state index in [9.17, 15) is 4.79 Å². The van der Waals surface area contributed by atoms with E-state index in [1.165, 1.54) is 24.2 Å². The molecule has 2 aromatic rings. The lowest BCUT2D eigenvalue weighted by molar-refractivity contribution is -0.115. The molecule has 1 saturated carbocycles. The van der Waals surface area contributed by atoms with Gasteiger partial charge in [-0.2, -0.15) is 0 Å². The molecule has 0 bridgehead atoms. The van der Waals surface area contributed by atoms with Crippen molar-refractivity contribution >= 4 is 22.4 Å². The molecule has 0 radical (unpaired) electrons. The van der Waals surface area contributed by atoms with E-state index < -0.39 is 0 Å². The summed E-state index contributed by atoms with van der Waals surface area (Å²) < 4.78 is 5.17. The number of amides is 1. The second-order valence-corrected chi connectivity index (χ2v) is 6.98. The summed E-state index contributed by atoms with van der Waals surface area (Å²) >= 11 is 1.50. The van der Waals surface area contributed by atoms with Crippen molar-refractivity contribution in [2.75, 3.05) is 25.5 Å². The molecule has 1 aliphatic carbocycles. The van der Waals surface area contributed by atoms with Crippen LogP contribution >= 0.6 is 11.3 Å². The smallest absolute Gasteiger partial charge is 0.240 e. The fourth-order valence-electron chi connectivity index (χ4n) is 2.34. The first-order valence-corrected chi connectivity index (χ1v) is 8.60. The van der Waals surface area contributed by atoms with Crippen LogP contribution in [0.25, 0.3) is 11.3 Å². The minimum Gasteiger partial charge on any atom is -0.497 e. The molecule has 0 aliphatic heterocycles. The molecule has 3 rings (SSSR count). The number of methoxy groups -OCH3 is 1. The first-order valence-electron chi connectivity index (χ1n) is 7.78. The molecular weight excluding hydrogens is 310 g/mol. The quantitative estimate of drug-likeness (QED) is 0.818. The maximum absolute atomic E-state index is 11.9. The Bertz CT molecular complexity index is 678. The summed E-state index contributed by atoms with van der Waals surface area (Å²) in [5, 5.41) is 6.70. The number of nitrogens with one attached hydrogen (secondary N) is 2. The Morgan fingerprint density at radius 3 is 2.74 bits per heavy atom. The van der Waals surface area contributed by atoms with E-state index in [2.05, 4.69) is 15.6 Å². The van der Waals surface area contributed by atoms with Crippen LogP contribution in [0.3, 0.4) is 0 Å². The van der Waals surface area contributed by atoms with Crippen LogP contribution in [0.2, 0.25) is 0 Å². The number of anilines is 1. The third-order valence-corrected chi connectivity index (χ3v) is 4.71. The predicted molar refractivity (Wildman–Crippen MR) is 93.1 cm³/mol. The lowest BCUT2D eigenvalue weighted by Crippen LogP contribution is -2.29. The Morgan fingerprint density at radius 1 is 1.35 bits per heavy atom. The zero-order valence-corrected chi connectivity index (χ0v) is 14.2. The summed E-state index contributed by atoms with van der Waals surface area (Å²) in [6.45, 7) is 3.28. The zero-order valence-electron chi connectivity index (χ0n) is 13.4. The highest BCUT2D eigenvalue weighted by Gasteiger charge is 2.20. The predicted octanol–water partition coefficient (Wildman–Crippen LogP) is 3.07. The van der Waals surface area contributed by atoms with Gasteiger partial charge in [-0.05, 0) is 56.5 Å². The Kier molecular flexibility index (Phi) is 4.93. The number of carbonyl (C=O) groups is 1. The molecule has 0 unspecified atom stereocenters. The topological polar surface area (TPSA) is 63.2 Å². The highest BCUT2D eigenvalue weighted by Crippen LogP contribution is 2.31. The van der Waals surface area contributed by atoms with Crippen molar-refractivity contribution < 1.29 is 9.53 Å². The van der Waals surface area contributed by atoms with Crippen LogP contribution in [0.4, 0.5) is 5.13 Å². The molecule has 6 heteroatoms. The number of hydrogen-bond donors (Lipinski definition) is 2. The van der Waals surface area contributed by atoms with E-state index in [-0.39, 0.29) is 5.91 Å². The first kappa shape index (κ1) is 16.0. The van der Waals surface area contributed by atoms with Gasteiger partial charge in [0.15, 0.2) is 5.13 Å². The monoisotopic (exact) mass is 331 g/mol. The molecule has 0 saturated heterocycles. The van der Waals surface area contributed by atoms with Gasteiger partial charge in [0.25, 0.3) is 0 Å². The van der Waals surface area contributed by atoms with Gasteiger partial charge < -0.3 is 15.4 Å². The Balaban J connectivity index is 1.61. The van der Waals surface area contributed by atoms with E-state index in [0.717, 1.165) is 34.3 Å². The van der Waals surface area contributed by atoms with Crippen LogP contribution in [0.15, 0.2) is 24.3 Å². The van der Waals surface area contributed by atoms with Crippen molar-refractivity contribution in [1.29, 1.82) is 0 Å². The van der Waals surface area contributed by atoms with Gasteiger partial charge in [-0.25, -0.2) is 4.98 Å². The number of carbonyl (C=O) groups excluding carboxylic acids is 1. The Labute approximate surface area is 140 Å². The van der Waals surface area contributed by atoms with Gasteiger partial charge in [-0.3, -0.25) is 4.79 Å². The van der Waals surface area contributed by atoms with E-state index in [1.807, 2.05) is 31.2 Å². The molecule has 2 N–H and O–H groups in total. The van der Waals surface area contributed by atoms with Crippen LogP contribution in [-0.4, -0.2) is 31.1 Å². The summed E-state index contributed by atoms with van der Waals surface area (Å²) in [6.07, 6.45) is 2.57. The van der Waals surface area contributed by atoms with E-state index >= 15 is 0 Å². The first-order chi connectivity index (χ1) is 11.2. The number of nitrogens with zero attached hydrogens (tertiary/aromatic N) is 1. The van der Waals surface area contributed by atoms with Crippen LogP contribution in [-0.2, 0) is 4.79 Å². The molecule has 122 valence electrons. The SMILES string of the molecule is COc1ccc(-c2nc(NC(=O)CNCC3CC3)sc2C)cc1.